The van der Waals surface area contributed by atoms with Crippen LogP contribution in [0.15, 0.2) is 40.8 Å². The Hall–Kier alpha value is -1.58. The van der Waals surface area contributed by atoms with Gasteiger partial charge in [-0.15, -0.1) is 0 Å². The van der Waals surface area contributed by atoms with Crippen LogP contribution >= 0.6 is 0 Å². The van der Waals surface area contributed by atoms with E-state index in [0.29, 0.717) is 5.92 Å². The van der Waals surface area contributed by atoms with Gasteiger partial charge in [0.2, 0.25) is 0 Å². The Morgan fingerprint density at radius 3 is 2.45 bits per heavy atom. The van der Waals surface area contributed by atoms with Crippen LogP contribution in [-0.4, -0.2) is 5.11 Å². The van der Waals surface area contributed by atoms with Gasteiger partial charge in [0, 0.05) is 12.5 Å². The molecule has 0 saturated heterocycles. The van der Waals surface area contributed by atoms with Crippen LogP contribution in [0, 0.1) is 5.92 Å². The smallest absolute Gasteiger partial charge is 0.117 e. The minimum atomic E-state index is 0.0997. The van der Waals surface area contributed by atoms with Crippen molar-refractivity contribution in [3.05, 3.63) is 59.0 Å². The molecule has 1 heterocycles. The molecule has 3 rings (SSSR count). The van der Waals surface area contributed by atoms with Crippen molar-refractivity contribution < 1.29 is 9.52 Å². The predicted octanol–water partition coefficient (Wildman–Crippen LogP) is 3.19. The Kier molecular flexibility index (Phi) is 3.90. The number of hydrogen-bond acceptors (Lipinski definition) is 3. The lowest BCUT2D eigenvalue weighted by molar-refractivity contribution is 0.282. The first kappa shape index (κ1) is 13.4. The van der Waals surface area contributed by atoms with Crippen molar-refractivity contribution >= 4 is 0 Å². The van der Waals surface area contributed by atoms with Crippen molar-refractivity contribution in [1.29, 1.82) is 0 Å². The Labute approximate surface area is 119 Å². The lowest BCUT2D eigenvalue weighted by Gasteiger charge is -2.04. The van der Waals surface area contributed by atoms with E-state index in [9.17, 15) is 0 Å². The summed E-state index contributed by atoms with van der Waals surface area (Å²) in [5.41, 5.74) is 2.16. The molecule has 1 aliphatic rings. The third-order valence-corrected chi connectivity index (χ3v) is 3.99. The second-order valence-electron chi connectivity index (χ2n) is 5.70. The molecule has 20 heavy (non-hydrogen) atoms. The molecule has 0 aliphatic heterocycles. The molecule has 1 saturated carbocycles. The zero-order chi connectivity index (χ0) is 13.9. The van der Waals surface area contributed by atoms with E-state index in [4.69, 9.17) is 9.52 Å². The number of furan rings is 1. The second-order valence-corrected chi connectivity index (χ2v) is 5.70. The van der Waals surface area contributed by atoms with E-state index in [0.717, 1.165) is 36.1 Å². The largest absolute Gasteiger partial charge is 0.464 e. The van der Waals surface area contributed by atoms with Crippen molar-refractivity contribution in [2.24, 2.45) is 5.92 Å². The first-order valence-electron chi connectivity index (χ1n) is 7.24. The maximum absolute atomic E-state index is 9.00. The van der Waals surface area contributed by atoms with Gasteiger partial charge in [-0.05, 0) is 35.6 Å². The molecule has 106 valence electrons. The lowest BCUT2D eigenvalue weighted by atomic mass is 10.1. The molecule has 3 nitrogen and oxygen atoms in total. The van der Waals surface area contributed by atoms with Crippen molar-refractivity contribution in [1.82, 2.24) is 5.32 Å². The fourth-order valence-electron chi connectivity index (χ4n) is 2.50. The van der Waals surface area contributed by atoms with E-state index in [-0.39, 0.29) is 6.61 Å². The van der Waals surface area contributed by atoms with Gasteiger partial charge in [-0.25, -0.2) is 0 Å². The zero-order valence-corrected chi connectivity index (χ0v) is 11.8. The Balaban J connectivity index is 1.48. The highest BCUT2D eigenvalue weighted by atomic mass is 16.3. The third kappa shape index (κ3) is 3.11. The van der Waals surface area contributed by atoms with Gasteiger partial charge in [0.1, 0.15) is 11.5 Å². The van der Waals surface area contributed by atoms with Crippen LogP contribution in [0.4, 0.5) is 0 Å². The molecule has 2 unspecified atom stereocenters. The van der Waals surface area contributed by atoms with Crippen LogP contribution < -0.4 is 5.32 Å². The molecule has 0 radical (unpaired) electrons. The zero-order valence-electron chi connectivity index (χ0n) is 11.8. The van der Waals surface area contributed by atoms with E-state index >= 15 is 0 Å². The molecule has 0 bridgehead atoms. The molecule has 0 amide bonds. The quantitative estimate of drug-likeness (QED) is 0.848. The molecule has 0 spiro atoms. The molecule has 3 heteroatoms. The second kappa shape index (κ2) is 5.81. The molecular formula is C17H21NO2. The minimum Gasteiger partial charge on any atom is -0.464 e. The van der Waals surface area contributed by atoms with Crippen LogP contribution in [0.5, 0.6) is 0 Å². The Morgan fingerprint density at radius 1 is 1.10 bits per heavy atom. The summed E-state index contributed by atoms with van der Waals surface area (Å²) in [6.07, 6.45) is 1.26. The van der Waals surface area contributed by atoms with Crippen LogP contribution in [-0.2, 0) is 19.7 Å². The van der Waals surface area contributed by atoms with Crippen LogP contribution in [0.1, 0.15) is 41.9 Å². The SMILES string of the molecule is CC1CC1c1ccc(CNCc2ccc(CO)cc2)o1. The van der Waals surface area contributed by atoms with Crippen molar-refractivity contribution in [3.63, 3.8) is 0 Å². The fourth-order valence-corrected chi connectivity index (χ4v) is 2.50. The molecule has 2 aromatic rings. The maximum Gasteiger partial charge on any atom is 0.117 e. The van der Waals surface area contributed by atoms with E-state index in [1.165, 1.54) is 12.0 Å². The normalized spacial score (nSPS) is 21.1. The summed E-state index contributed by atoms with van der Waals surface area (Å²) >= 11 is 0. The van der Waals surface area contributed by atoms with E-state index < -0.39 is 0 Å². The highest BCUT2D eigenvalue weighted by Gasteiger charge is 2.36. The predicted molar refractivity (Wildman–Crippen MR) is 78.1 cm³/mol. The average molecular weight is 271 g/mol. The highest BCUT2D eigenvalue weighted by Crippen LogP contribution is 2.47. The van der Waals surface area contributed by atoms with E-state index in [2.05, 4.69) is 24.4 Å². The van der Waals surface area contributed by atoms with Gasteiger partial charge in [-0.3, -0.25) is 0 Å². The van der Waals surface area contributed by atoms with Crippen LogP contribution in [0.3, 0.4) is 0 Å². The minimum absolute atomic E-state index is 0.0997. The van der Waals surface area contributed by atoms with Crippen molar-refractivity contribution in [3.8, 4) is 0 Å². The van der Waals surface area contributed by atoms with Gasteiger partial charge < -0.3 is 14.8 Å². The summed E-state index contributed by atoms with van der Waals surface area (Å²) in [5, 5.41) is 12.4. The van der Waals surface area contributed by atoms with E-state index in [1.807, 2.05) is 24.3 Å². The summed E-state index contributed by atoms with van der Waals surface area (Å²) in [6, 6.07) is 12.2. The van der Waals surface area contributed by atoms with Gasteiger partial charge in [-0.1, -0.05) is 31.2 Å². The number of aliphatic hydroxyl groups excluding tert-OH is 1. The topological polar surface area (TPSA) is 45.4 Å². The number of rotatable bonds is 6. The van der Waals surface area contributed by atoms with Gasteiger partial charge >= 0.3 is 0 Å². The molecule has 1 aromatic heterocycles. The van der Waals surface area contributed by atoms with Gasteiger partial charge in [-0.2, -0.15) is 0 Å². The summed E-state index contributed by atoms with van der Waals surface area (Å²) < 4.78 is 5.86. The van der Waals surface area contributed by atoms with Crippen molar-refractivity contribution in [2.45, 2.75) is 39.0 Å². The average Bonchev–Trinajstić information content (AvgIpc) is 3.01. The summed E-state index contributed by atoms with van der Waals surface area (Å²) in [6.45, 7) is 3.92. The molecule has 1 fully saturated rings. The third-order valence-electron chi connectivity index (χ3n) is 3.99. The fraction of sp³-hybridized carbons (Fsp3) is 0.412. The summed E-state index contributed by atoms with van der Waals surface area (Å²) in [4.78, 5) is 0. The Bertz CT molecular complexity index is 559. The highest BCUT2D eigenvalue weighted by molar-refractivity contribution is 5.22. The standard InChI is InChI=1S/C17H21NO2/c1-12-8-16(12)17-7-6-15(20-17)10-18-9-13-2-4-14(11-19)5-3-13/h2-7,12,16,18-19H,8-11H2,1H3. The van der Waals surface area contributed by atoms with E-state index in [1.54, 1.807) is 0 Å². The summed E-state index contributed by atoms with van der Waals surface area (Å²) in [5.74, 6) is 3.58. The number of nitrogens with one attached hydrogen (secondary N) is 1. The number of hydrogen-bond donors (Lipinski definition) is 2. The lowest BCUT2D eigenvalue weighted by Crippen LogP contribution is -2.12. The van der Waals surface area contributed by atoms with Crippen LogP contribution in [0.2, 0.25) is 0 Å². The number of benzene rings is 1. The van der Waals surface area contributed by atoms with Gasteiger partial charge in [0.05, 0.1) is 13.2 Å². The molecule has 2 N–H and O–H groups in total. The summed E-state index contributed by atoms with van der Waals surface area (Å²) in [7, 11) is 0. The maximum atomic E-state index is 9.00. The van der Waals surface area contributed by atoms with Crippen molar-refractivity contribution in [2.75, 3.05) is 0 Å². The number of aliphatic hydroxyl groups is 1. The Morgan fingerprint density at radius 2 is 1.80 bits per heavy atom. The molecule has 1 aromatic carbocycles. The first-order valence-corrected chi connectivity index (χ1v) is 7.24. The van der Waals surface area contributed by atoms with Gasteiger partial charge in [0.15, 0.2) is 0 Å². The monoisotopic (exact) mass is 271 g/mol. The molecule has 2 atom stereocenters. The van der Waals surface area contributed by atoms with Gasteiger partial charge in [0.25, 0.3) is 0 Å². The van der Waals surface area contributed by atoms with Crippen LogP contribution in [0.25, 0.3) is 0 Å². The first-order chi connectivity index (χ1) is 9.76. The molecular weight excluding hydrogens is 250 g/mol. The molecule has 1 aliphatic carbocycles.